The monoisotopic (exact) mass is 1480 g/mol. The molecular formula is C92H106F14. The van der Waals surface area contributed by atoms with E-state index >= 15 is 8.78 Å². The molecule has 4 aliphatic rings. The lowest BCUT2D eigenvalue weighted by atomic mass is 9.77. The molecule has 12 rings (SSSR count). The maximum absolute atomic E-state index is 15.0. The van der Waals surface area contributed by atoms with Crippen molar-refractivity contribution in [3.8, 4) is 44.5 Å². The smallest absolute Gasteiger partial charge is 0.167 e. The predicted octanol–water partition coefficient (Wildman–Crippen LogP) is 30.0. The summed E-state index contributed by atoms with van der Waals surface area (Å²) in [6, 6.07) is 28.4. The zero-order valence-electron chi connectivity index (χ0n) is 63.1. The van der Waals surface area contributed by atoms with Crippen molar-refractivity contribution in [1.82, 2.24) is 0 Å². The summed E-state index contributed by atoms with van der Waals surface area (Å²) in [7, 11) is 0. The maximum atomic E-state index is 15.0. The SMILES string of the molecule is CCC1CCC(c2ccc(-c3ccc(C4CCC(CC)CC4)c(F)c3F)c(F)c2F)CC1.CCCC1CCC(c2ccc(-c3ccc(C)c(F)c3F)c(F)c2F)CC1.CCCc1ccc(-c2ccc(C3CCC(CCC)CC3)c(F)c2F)c(F)c1F.CCCc1ccc(-c2ccc(CCC)c(F)c2F)cc1. The second kappa shape index (κ2) is 39.2. The van der Waals surface area contributed by atoms with Gasteiger partial charge in [-0.15, -0.1) is 0 Å². The highest BCUT2D eigenvalue weighted by molar-refractivity contribution is 5.69. The molecule has 0 heterocycles. The van der Waals surface area contributed by atoms with Crippen molar-refractivity contribution in [2.24, 2.45) is 23.7 Å². The highest BCUT2D eigenvalue weighted by atomic mass is 19.2. The maximum Gasteiger partial charge on any atom is 0.167 e. The van der Waals surface area contributed by atoms with Crippen LogP contribution in [0.3, 0.4) is 0 Å². The van der Waals surface area contributed by atoms with Gasteiger partial charge >= 0.3 is 0 Å². The van der Waals surface area contributed by atoms with Crippen LogP contribution in [-0.4, -0.2) is 0 Å². The van der Waals surface area contributed by atoms with Crippen LogP contribution < -0.4 is 0 Å². The van der Waals surface area contributed by atoms with Crippen LogP contribution >= 0.6 is 0 Å². The van der Waals surface area contributed by atoms with Gasteiger partial charge in [-0.05, 0) is 226 Å². The third-order valence-electron chi connectivity index (χ3n) is 23.5. The molecule has 0 nitrogen and oxygen atoms in total. The highest BCUT2D eigenvalue weighted by Gasteiger charge is 2.33. The predicted molar refractivity (Wildman–Crippen MR) is 403 cm³/mol. The average Bonchev–Trinajstić information content (AvgIpc) is 0.787. The minimum atomic E-state index is -1.14. The molecule has 0 radical (unpaired) electrons. The minimum absolute atomic E-state index is 0.00810. The molecule has 0 bridgehead atoms. The summed E-state index contributed by atoms with van der Waals surface area (Å²) in [5.74, 6) is -11.1. The fourth-order valence-corrected chi connectivity index (χ4v) is 17.0. The zero-order valence-corrected chi connectivity index (χ0v) is 63.1. The Kier molecular flexibility index (Phi) is 30.7. The van der Waals surface area contributed by atoms with E-state index in [1.165, 1.54) is 79.9 Å². The van der Waals surface area contributed by atoms with Crippen molar-refractivity contribution in [2.75, 3.05) is 0 Å². The van der Waals surface area contributed by atoms with Crippen molar-refractivity contribution >= 4 is 0 Å². The molecular weight excluding hydrogens is 1370 g/mol. The van der Waals surface area contributed by atoms with Crippen LogP contribution in [-0.2, 0) is 19.3 Å². The number of aryl methyl sites for hydroxylation is 4. The lowest BCUT2D eigenvalue weighted by Crippen LogP contribution is -2.15. The first kappa shape index (κ1) is 82.8. The molecule has 4 saturated carbocycles. The van der Waals surface area contributed by atoms with E-state index in [0.29, 0.717) is 76.3 Å². The van der Waals surface area contributed by atoms with Crippen LogP contribution in [0, 0.1) is 112 Å². The highest BCUT2D eigenvalue weighted by Crippen LogP contribution is 2.46. The standard InChI is InChI=1S/C28H34F4.C24H28F4.C22H24F4.C18H20F2/c1-3-17-5-9-19(10-6-17)21-13-15-23(27(31)25(21)29)24-16-14-22(26(30)28(24)32)20-11-7-18(4-2)8-12-20;1-3-5-15-7-9-16(10-8-15)18-13-14-20(24(28)22(18)26)19-12-11-17(6-4-2)21(25)23(19)27;1-3-4-14-6-8-15(9-7-14)16-11-12-18(22(26)20(16)24)17-10-5-13(2)19(23)21(17)25;1-3-5-13-7-9-14(10-8-13)16-12-11-15(6-4-2)17(19)18(16)20/h13-20H,3-12H2,1-2H3;11-16H,3-10H2,1-2H3;5,10-12,14-15H,3-4,6-9H2,1-2H3;7-12H,3-6H2,1-2H3. The van der Waals surface area contributed by atoms with Crippen LogP contribution in [0.5, 0.6) is 0 Å². The first-order valence-corrected chi connectivity index (χ1v) is 39.4. The Hall–Kier alpha value is -7.22. The fourth-order valence-electron chi connectivity index (χ4n) is 17.0. The van der Waals surface area contributed by atoms with Crippen LogP contribution in [0.25, 0.3) is 44.5 Å². The lowest BCUT2D eigenvalue weighted by molar-refractivity contribution is 0.303. The average molecular weight is 1480 g/mol. The number of halogens is 14. The first-order valence-electron chi connectivity index (χ1n) is 39.4. The molecule has 8 aromatic carbocycles. The summed E-state index contributed by atoms with van der Waals surface area (Å²) in [6.07, 6.45) is 26.3. The van der Waals surface area contributed by atoms with Crippen LogP contribution in [0.4, 0.5) is 61.5 Å². The Morgan fingerprint density at radius 1 is 0.236 bits per heavy atom. The van der Waals surface area contributed by atoms with Gasteiger partial charge in [0.05, 0.1) is 0 Å². The third-order valence-corrected chi connectivity index (χ3v) is 23.5. The molecule has 0 N–H and O–H groups in total. The van der Waals surface area contributed by atoms with Crippen molar-refractivity contribution in [3.05, 3.63) is 235 Å². The van der Waals surface area contributed by atoms with E-state index in [9.17, 15) is 52.7 Å². The van der Waals surface area contributed by atoms with Crippen LogP contribution in [0.15, 0.2) is 109 Å². The molecule has 0 aromatic heterocycles. The molecule has 0 atom stereocenters. The van der Waals surface area contributed by atoms with Crippen molar-refractivity contribution in [1.29, 1.82) is 0 Å². The van der Waals surface area contributed by atoms with Gasteiger partial charge in [0.25, 0.3) is 0 Å². The molecule has 4 aliphatic carbocycles. The van der Waals surface area contributed by atoms with E-state index in [1.807, 2.05) is 38.1 Å². The van der Waals surface area contributed by atoms with Gasteiger partial charge in [-0.1, -0.05) is 215 Å². The van der Waals surface area contributed by atoms with Crippen molar-refractivity contribution in [2.45, 2.75) is 259 Å². The minimum Gasteiger partial charge on any atom is -0.203 e. The van der Waals surface area contributed by atoms with Gasteiger partial charge in [0.1, 0.15) is 0 Å². The van der Waals surface area contributed by atoms with Gasteiger partial charge in [0.15, 0.2) is 81.4 Å². The molecule has 0 aliphatic heterocycles. The molecule has 106 heavy (non-hydrogen) atoms. The second-order valence-electron chi connectivity index (χ2n) is 30.4. The first-order chi connectivity index (χ1) is 51.0. The molecule has 14 heteroatoms. The van der Waals surface area contributed by atoms with E-state index in [4.69, 9.17) is 0 Å². The van der Waals surface area contributed by atoms with Crippen LogP contribution in [0.1, 0.15) is 277 Å². The summed E-state index contributed by atoms with van der Waals surface area (Å²) < 4.78 is 204. The number of benzene rings is 8. The topological polar surface area (TPSA) is 0 Å². The molecule has 0 saturated heterocycles. The molecule has 0 spiro atoms. The molecule has 572 valence electrons. The summed E-state index contributed by atoms with van der Waals surface area (Å²) in [5.41, 5.74) is 3.24. The summed E-state index contributed by atoms with van der Waals surface area (Å²) in [6.45, 7) is 16.0. The largest absolute Gasteiger partial charge is 0.203 e. The van der Waals surface area contributed by atoms with Gasteiger partial charge < -0.3 is 0 Å². The van der Waals surface area contributed by atoms with Crippen molar-refractivity contribution in [3.63, 3.8) is 0 Å². The van der Waals surface area contributed by atoms with E-state index in [1.54, 1.807) is 30.3 Å². The van der Waals surface area contributed by atoms with E-state index in [-0.39, 0.29) is 68.2 Å². The number of rotatable bonds is 20. The second-order valence-corrected chi connectivity index (χ2v) is 30.4. The zero-order chi connectivity index (χ0) is 76.5. The summed E-state index contributed by atoms with van der Waals surface area (Å²) >= 11 is 0. The Bertz CT molecular complexity index is 4100. The van der Waals surface area contributed by atoms with Gasteiger partial charge in [0, 0.05) is 38.9 Å². The van der Waals surface area contributed by atoms with E-state index in [0.717, 1.165) is 153 Å². The Morgan fingerprint density at radius 2 is 0.500 bits per heavy atom. The normalized spacial score (nSPS) is 20.2. The molecule has 8 aromatic rings. The van der Waals surface area contributed by atoms with Gasteiger partial charge in [-0.3, -0.25) is 0 Å². The molecule has 4 fully saturated rings. The van der Waals surface area contributed by atoms with Crippen LogP contribution in [0.2, 0.25) is 0 Å². The van der Waals surface area contributed by atoms with E-state index < -0.39 is 81.4 Å². The quantitative estimate of drug-likeness (QED) is 0.0667. The number of hydrogen-bond donors (Lipinski definition) is 0. The molecule has 0 unspecified atom stereocenters. The number of hydrogen-bond acceptors (Lipinski definition) is 0. The molecule has 0 amide bonds. The third kappa shape index (κ3) is 19.6. The lowest BCUT2D eigenvalue weighted by Gasteiger charge is -2.29. The van der Waals surface area contributed by atoms with Gasteiger partial charge in [-0.2, -0.15) is 0 Å². The van der Waals surface area contributed by atoms with Gasteiger partial charge in [-0.25, -0.2) is 61.5 Å². The van der Waals surface area contributed by atoms with Crippen molar-refractivity contribution < 1.29 is 61.5 Å². The fraction of sp³-hybridized carbons (Fsp3) is 0.478. The Balaban J connectivity index is 0.000000166. The summed E-state index contributed by atoms with van der Waals surface area (Å²) in [4.78, 5) is 0. The summed E-state index contributed by atoms with van der Waals surface area (Å²) in [5, 5.41) is 0. The Morgan fingerprint density at radius 3 is 0.802 bits per heavy atom. The van der Waals surface area contributed by atoms with Gasteiger partial charge in [0.2, 0.25) is 0 Å². The Labute approximate surface area is 620 Å². The van der Waals surface area contributed by atoms with E-state index in [2.05, 4.69) is 34.6 Å².